The van der Waals surface area contributed by atoms with Gasteiger partial charge >= 0.3 is 0 Å². The van der Waals surface area contributed by atoms with Gasteiger partial charge in [-0.05, 0) is 62.1 Å². The Hall–Kier alpha value is -2.09. The van der Waals surface area contributed by atoms with Crippen LogP contribution in [0.15, 0.2) is 30.3 Å². The highest BCUT2D eigenvalue weighted by atomic mass is 14.9. The molecule has 0 aliphatic heterocycles. The number of aromatic nitrogens is 2. The minimum absolute atomic E-state index is 0.951. The van der Waals surface area contributed by atoms with E-state index in [-0.39, 0.29) is 0 Å². The lowest BCUT2D eigenvalue weighted by atomic mass is 10.1. The number of imidazole rings is 1. The molecule has 2 nitrogen and oxygen atoms in total. The molecule has 3 aromatic rings. The second kappa shape index (κ2) is 4.23. The molecule has 0 saturated heterocycles. The molecule has 0 atom stereocenters. The number of nitrogens with zero attached hydrogens (tertiary/aromatic N) is 1. The number of benzene rings is 2. The molecular formula is C17H18N2. The van der Waals surface area contributed by atoms with E-state index >= 15 is 0 Å². The van der Waals surface area contributed by atoms with Crippen molar-refractivity contribution in [3.63, 3.8) is 0 Å². The minimum Gasteiger partial charge on any atom is -0.338 e. The number of H-pyrrole nitrogens is 1. The maximum atomic E-state index is 4.74. The van der Waals surface area contributed by atoms with Crippen LogP contribution in [0, 0.1) is 27.7 Å². The second-order valence-corrected chi connectivity index (χ2v) is 5.36. The van der Waals surface area contributed by atoms with Gasteiger partial charge in [0.05, 0.1) is 11.0 Å². The number of aryl methyl sites for hydroxylation is 4. The molecule has 2 aromatic carbocycles. The fourth-order valence-corrected chi connectivity index (χ4v) is 2.50. The molecule has 0 aliphatic carbocycles. The van der Waals surface area contributed by atoms with Crippen molar-refractivity contribution in [3.8, 4) is 11.4 Å². The van der Waals surface area contributed by atoms with E-state index in [0.717, 1.165) is 22.4 Å². The summed E-state index contributed by atoms with van der Waals surface area (Å²) in [6, 6.07) is 10.8. The Morgan fingerprint density at radius 3 is 2.37 bits per heavy atom. The third kappa shape index (κ3) is 2.03. The van der Waals surface area contributed by atoms with Gasteiger partial charge in [-0.3, -0.25) is 0 Å². The lowest BCUT2D eigenvalue weighted by Gasteiger charge is -2.02. The summed E-state index contributed by atoms with van der Waals surface area (Å²) >= 11 is 0. The lowest BCUT2D eigenvalue weighted by Crippen LogP contribution is -1.85. The van der Waals surface area contributed by atoms with Gasteiger partial charge in [-0.2, -0.15) is 0 Å². The maximum absolute atomic E-state index is 4.74. The Morgan fingerprint density at radius 2 is 1.63 bits per heavy atom. The molecular weight excluding hydrogens is 232 g/mol. The van der Waals surface area contributed by atoms with Crippen molar-refractivity contribution < 1.29 is 0 Å². The summed E-state index contributed by atoms with van der Waals surface area (Å²) in [6.07, 6.45) is 0. The van der Waals surface area contributed by atoms with Crippen LogP contribution in [0.4, 0.5) is 0 Å². The quantitative estimate of drug-likeness (QED) is 0.678. The molecule has 96 valence electrons. The van der Waals surface area contributed by atoms with Gasteiger partial charge in [0, 0.05) is 5.56 Å². The van der Waals surface area contributed by atoms with E-state index in [2.05, 4.69) is 63.0 Å². The Bertz CT molecular complexity index is 766. The van der Waals surface area contributed by atoms with Gasteiger partial charge in [-0.1, -0.05) is 18.2 Å². The number of fused-ring (bicyclic) bond motifs is 1. The Kier molecular flexibility index (Phi) is 2.67. The predicted molar refractivity (Wildman–Crippen MR) is 80.5 cm³/mol. The zero-order chi connectivity index (χ0) is 13.6. The van der Waals surface area contributed by atoms with Crippen LogP contribution in [0.5, 0.6) is 0 Å². The zero-order valence-corrected chi connectivity index (χ0v) is 11.8. The van der Waals surface area contributed by atoms with Crippen molar-refractivity contribution in [2.24, 2.45) is 0 Å². The van der Waals surface area contributed by atoms with Crippen LogP contribution in [0.3, 0.4) is 0 Å². The van der Waals surface area contributed by atoms with Gasteiger partial charge in [0.2, 0.25) is 0 Å². The van der Waals surface area contributed by atoms with E-state index in [0.29, 0.717) is 0 Å². The Balaban J connectivity index is 2.20. The topological polar surface area (TPSA) is 28.7 Å². The van der Waals surface area contributed by atoms with E-state index in [1.807, 2.05) is 0 Å². The molecule has 0 amide bonds. The smallest absolute Gasteiger partial charge is 0.138 e. The highest BCUT2D eigenvalue weighted by Crippen LogP contribution is 2.25. The van der Waals surface area contributed by atoms with E-state index in [1.165, 1.54) is 22.3 Å². The molecule has 1 aromatic heterocycles. The minimum atomic E-state index is 0.951. The SMILES string of the molecule is Cc1cc(C)c2nc(-c3ccc(C)c(C)c3)[nH]c2c1. The van der Waals surface area contributed by atoms with Gasteiger partial charge in [-0.15, -0.1) is 0 Å². The van der Waals surface area contributed by atoms with Crippen molar-refractivity contribution in [1.82, 2.24) is 9.97 Å². The Labute approximate surface area is 113 Å². The van der Waals surface area contributed by atoms with Crippen LogP contribution in [0.25, 0.3) is 22.4 Å². The lowest BCUT2D eigenvalue weighted by molar-refractivity contribution is 1.29. The molecule has 1 N–H and O–H groups in total. The predicted octanol–water partition coefficient (Wildman–Crippen LogP) is 4.46. The first-order valence-corrected chi connectivity index (χ1v) is 6.59. The molecule has 0 unspecified atom stereocenters. The number of rotatable bonds is 1. The van der Waals surface area contributed by atoms with Crippen LogP contribution in [0.2, 0.25) is 0 Å². The molecule has 0 fully saturated rings. The van der Waals surface area contributed by atoms with Gasteiger partial charge in [0.15, 0.2) is 0 Å². The normalized spacial score (nSPS) is 11.2. The monoisotopic (exact) mass is 250 g/mol. The number of hydrogen-bond acceptors (Lipinski definition) is 1. The van der Waals surface area contributed by atoms with Crippen LogP contribution in [-0.4, -0.2) is 9.97 Å². The summed E-state index contributed by atoms with van der Waals surface area (Å²) in [5.74, 6) is 0.951. The highest BCUT2D eigenvalue weighted by molar-refractivity contribution is 5.83. The number of hydrogen-bond donors (Lipinski definition) is 1. The summed E-state index contributed by atoms with van der Waals surface area (Å²) in [4.78, 5) is 8.17. The molecule has 0 saturated carbocycles. The summed E-state index contributed by atoms with van der Waals surface area (Å²) in [5, 5.41) is 0. The number of nitrogens with one attached hydrogen (secondary N) is 1. The first-order chi connectivity index (χ1) is 9.04. The van der Waals surface area contributed by atoms with Gasteiger partial charge in [0.1, 0.15) is 5.82 Å². The molecule has 0 aliphatic rings. The van der Waals surface area contributed by atoms with Crippen molar-refractivity contribution >= 4 is 11.0 Å². The van der Waals surface area contributed by atoms with Crippen LogP contribution < -0.4 is 0 Å². The van der Waals surface area contributed by atoms with E-state index < -0.39 is 0 Å². The molecule has 0 radical (unpaired) electrons. The second-order valence-electron chi connectivity index (χ2n) is 5.36. The fourth-order valence-electron chi connectivity index (χ4n) is 2.50. The van der Waals surface area contributed by atoms with Gasteiger partial charge in [0.25, 0.3) is 0 Å². The van der Waals surface area contributed by atoms with Crippen molar-refractivity contribution in [3.05, 3.63) is 52.6 Å². The van der Waals surface area contributed by atoms with Gasteiger partial charge < -0.3 is 4.98 Å². The average molecular weight is 250 g/mol. The van der Waals surface area contributed by atoms with Crippen molar-refractivity contribution in [1.29, 1.82) is 0 Å². The third-order valence-corrected chi connectivity index (χ3v) is 3.70. The summed E-state index contributed by atoms with van der Waals surface area (Å²) < 4.78 is 0. The highest BCUT2D eigenvalue weighted by Gasteiger charge is 2.08. The molecule has 2 heteroatoms. The fraction of sp³-hybridized carbons (Fsp3) is 0.235. The molecule has 1 heterocycles. The molecule has 19 heavy (non-hydrogen) atoms. The van der Waals surface area contributed by atoms with Crippen LogP contribution >= 0.6 is 0 Å². The van der Waals surface area contributed by atoms with Crippen molar-refractivity contribution in [2.45, 2.75) is 27.7 Å². The average Bonchev–Trinajstić information content (AvgIpc) is 2.76. The summed E-state index contributed by atoms with van der Waals surface area (Å²) in [5.41, 5.74) is 8.43. The first-order valence-electron chi connectivity index (χ1n) is 6.59. The molecule has 0 spiro atoms. The van der Waals surface area contributed by atoms with E-state index in [9.17, 15) is 0 Å². The third-order valence-electron chi connectivity index (χ3n) is 3.70. The van der Waals surface area contributed by atoms with E-state index in [1.54, 1.807) is 0 Å². The van der Waals surface area contributed by atoms with Crippen LogP contribution in [0.1, 0.15) is 22.3 Å². The zero-order valence-electron chi connectivity index (χ0n) is 11.8. The largest absolute Gasteiger partial charge is 0.338 e. The number of aromatic amines is 1. The van der Waals surface area contributed by atoms with Gasteiger partial charge in [-0.25, -0.2) is 4.98 Å². The van der Waals surface area contributed by atoms with Crippen LogP contribution in [-0.2, 0) is 0 Å². The summed E-state index contributed by atoms with van der Waals surface area (Å²) in [6.45, 7) is 8.49. The molecule has 3 rings (SSSR count). The Morgan fingerprint density at radius 1 is 0.842 bits per heavy atom. The van der Waals surface area contributed by atoms with E-state index in [4.69, 9.17) is 4.98 Å². The maximum Gasteiger partial charge on any atom is 0.138 e. The summed E-state index contributed by atoms with van der Waals surface area (Å²) in [7, 11) is 0. The molecule has 0 bridgehead atoms. The van der Waals surface area contributed by atoms with Crippen molar-refractivity contribution in [2.75, 3.05) is 0 Å². The first kappa shape index (κ1) is 12.0. The standard InChI is InChI=1S/C17H18N2/c1-10-7-13(4)16-15(8-10)18-17(19-16)14-6-5-11(2)12(3)9-14/h5-9H,1-4H3,(H,18,19).